The number of rotatable bonds is 5. The molecule has 2 rings (SSSR count). The minimum absolute atomic E-state index is 0.157. The van der Waals surface area contributed by atoms with Gasteiger partial charge in [-0.15, -0.1) is 11.8 Å². The molecule has 2 nitrogen and oxygen atoms in total. The number of aryl methyl sites for hydroxylation is 2. The van der Waals surface area contributed by atoms with Crippen LogP contribution in [0.2, 0.25) is 0 Å². The summed E-state index contributed by atoms with van der Waals surface area (Å²) in [4.78, 5) is 15.2. The van der Waals surface area contributed by atoms with Crippen LogP contribution in [0.4, 0.5) is 0 Å². The van der Waals surface area contributed by atoms with Gasteiger partial charge in [-0.25, -0.2) is 0 Å². The molecule has 0 saturated heterocycles. The van der Waals surface area contributed by atoms with Crippen LogP contribution in [0.25, 0.3) is 0 Å². The van der Waals surface area contributed by atoms with Gasteiger partial charge in [-0.1, -0.05) is 48.0 Å². The van der Waals surface area contributed by atoms with Crippen LogP contribution in [-0.4, -0.2) is 23.6 Å². The quantitative estimate of drug-likeness (QED) is 0.776. The normalized spacial score (nSPS) is 10.4. The summed E-state index contributed by atoms with van der Waals surface area (Å²) < 4.78 is 0. The number of amides is 1. The molecule has 0 heterocycles. The zero-order chi connectivity index (χ0) is 15.2. The van der Waals surface area contributed by atoms with Gasteiger partial charge in [0.1, 0.15) is 0 Å². The van der Waals surface area contributed by atoms with Crippen LogP contribution in [0.15, 0.2) is 53.4 Å². The van der Waals surface area contributed by atoms with Gasteiger partial charge in [-0.05, 0) is 31.0 Å². The van der Waals surface area contributed by atoms with Crippen molar-refractivity contribution in [2.75, 3.05) is 12.8 Å². The minimum atomic E-state index is 0.157. The van der Waals surface area contributed by atoms with Gasteiger partial charge in [0.05, 0.1) is 5.75 Å². The summed E-state index contributed by atoms with van der Waals surface area (Å²) in [5, 5.41) is 0. The van der Waals surface area contributed by atoms with E-state index in [1.165, 1.54) is 16.0 Å². The maximum absolute atomic E-state index is 12.2. The molecule has 0 atom stereocenters. The smallest absolute Gasteiger partial charge is 0.232 e. The standard InChI is InChI=1S/C18H21NOS/c1-14-9-10-15(2)17(11-14)21-13-18(20)19(3)12-16-7-5-4-6-8-16/h4-11H,12-13H2,1-3H3. The van der Waals surface area contributed by atoms with Crippen LogP contribution in [0.3, 0.4) is 0 Å². The third-order valence-corrected chi connectivity index (χ3v) is 4.53. The van der Waals surface area contributed by atoms with Gasteiger partial charge in [0, 0.05) is 18.5 Å². The summed E-state index contributed by atoms with van der Waals surface area (Å²) in [6.45, 7) is 4.82. The van der Waals surface area contributed by atoms with Crippen LogP contribution in [0, 0.1) is 13.8 Å². The SMILES string of the molecule is Cc1ccc(C)c(SCC(=O)N(C)Cc2ccccc2)c1. The second-order valence-electron chi connectivity index (χ2n) is 5.29. The first-order valence-corrected chi connectivity index (χ1v) is 8.03. The fourth-order valence-corrected chi connectivity index (χ4v) is 3.12. The molecular weight excluding hydrogens is 278 g/mol. The molecule has 0 fully saturated rings. The van der Waals surface area contributed by atoms with Crippen molar-refractivity contribution in [3.63, 3.8) is 0 Å². The van der Waals surface area contributed by atoms with E-state index in [9.17, 15) is 4.79 Å². The molecule has 110 valence electrons. The maximum atomic E-state index is 12.2. The van der Waals surface area contributed by atoms with Crippen molar-refractivity contribution in [3.05, 3.63) is 65.2 Å². The molecule has 0 aliphatic heterocycles. The third kappa shape index (κ3) is 4.64. The van der Waals surface area contributed by atoms with Gasteiger partial charge in [0.25, 0.3) is 0 Å². The molecule has 0 saturated carbocycles. The molecule has 0 bridgehead atoms. The van der Waals surface area contributed by atoms with Crippen LogP contribution >= 0.6 is 11.8 Å². The Balaban J connectivity index is 1.91. The molecule has 0 aromatic heterocycles. The molecule has 1 amide bonds. The van der Waals surface area contributed by atoms with Crippen molar-refractivity contribution in [3.8, 4) is 0 Å². The highest BCUT2D eigenvalue weighted by molar-refractivity contribution is 8.00. The summed E-state index contributed by atoms with van der Waals surface area (Å²) in [5.74, 6) is 0.637. The molecule has 3 heteroatoms. The van der Waals surface area contributed by atoms with Crippen molar-refractivity contribution < 1.29 is 4.79 Å². The Morgan fingerprint density at radius 3 is 2.52 bits per heavy atom. The first-order valence-electron chi connectivity index (χ1n) is 7.04. The van der Waals surface area contributed by atoms with E-state index < -0.39 is 0 Å². The Hall–Kier alpha value is -1.74. The number of hydrogen-bond donors (Lipinski definition) is 0. The van der Waals surface area contributed by atoms with Crippen LogP contribution in [0.1, 0.15) is 16.7 Å². The van der Waals surface area contributed by atoms with Crippen molar-refractivity contribution in [1.82, 2.24) is 4.90 Å². The minimum Gasteiger partial charge on any atom is -0.341 e. The number of carbonyl (C=O) groups is 1. The van der Waals surface area contributed by atoms with E-state index in [0.717, 1.165) is 5.56 Å². The summed E-state index contributed by atoms with van der Waals surface area (Å²) in [5.41, 5.74) is 3.61. The Bertz CT molecular complexity index is 610. The van der Waals surface area contributed by atoms with Gasteiger partial charge in [0.2, 0.25) is 5.91 Å². The van der Waals surface area contributed by atoms with Crippen molar-refractivity contribution in [2.24, 2.45) is 0 Å². The lowest BCUT2D eigenvalue weighted by atomic mass is 10.2. The maximum Gasteiger partial charge on any atom is 0.232 e. The molecule has 21 heavy (non-hydrogen) atoms. The van der Waals surface area contributed by atoms with E-state index in [-0.39, 0.29) is 5.91 Å². The molecule has 2 aromatic carbocycles. The van der Waals surface area contributed by atoms with Crippen molar-refractivity contribution in [1.29, 1.82) is 0 Å². The van der Waals surface area contributed by atoms with Crippen LogP contribution < -0.4 is 0 Å². The lowest BCUT2D eigenvalue weighted by molar-refractivity contribution is -0.127. The molecule has 0 unspecified atom stereocenters. The highest BCUT2D eigenvalue weighted by atomic mass is 32.2. The van der Waals surface area contributed by atoms with Crippen LogP contribution in [-0.2, 0) is 11.3 Å². The second kappa shape index (κ2) is 7.32. The highest BCUT2D eigenvalue weighted by Crippen LogP contribution is 2.23. The van der Waals surface area contributed by atoms with E-state index >= 15 is 0 Å². The van der Waals surface area contributed by atoms with Gasteiger partial charge >= 0.3 is 0 Å². The van der Waals surface area contributed by atoms with Crippen molar-refractivity contribution >= 4 is 17.7 Å². The number of carbonyl (C=O) groups excluding carboxylic acids is 1. The summed E-state index contributed by atoms with van der Waals surface area (Å²) in [6.07, 6.45) is 0. The Morgan fingerprint density at radius 2 is 1.81 bits per heavy atom. The fraction of sp³-hybridized carbons (Fsp3) is 0.278. The average Bonchev–Trinajstić information content (AvgIpc) is 2.49. The van der Waals surface area contributed by atoms with Gasteiger partial charge in [-0.3, -0.25) is 4.79 Å². The van der Waals surface area contributed by atoms with Gasteiger partial charge < -0.3 is 4.90 Å². The van der Waals surface area contributed by atoms with E-state index in [1.807, 2.05) is 37.4 Å². The number of hydrogen-bond acceptors (Lipinski definition) is 2. The predicted octanol–water partition coefficient (Wildman–Crippen LogP) is 4.05. The lowest BCUT2D eigenvalue weighted by Gasteiger charge is -2.17. The summed E-state index contributed by atoms with van der Waals surface area (Å²) in [6, 6.07) is 16.4. The van der Waals surface area contributed by atoms with E-state index in [4.69, 9.17) is 0 Å². The largest absolute Gasteiger partial charge is 0.341 e. The molecule has 0 N–H and O–H groups in total. The second-order valence-corrected chi connectivity index (χ2v) is 6.31. The van der Waals surface area contributed by atoms with Crippen LogP contribution in [0.5, 0.6) is 0 Å². The molecule has 0 radical (unpaired) electrons. The van der Waals surface area contributed by atoms with Crippen molar-refractivity contribution in [2.45, 2.75) is 25.3 Å². The third-order valence-electron chi connectivity index (χ3n) is 3.38. The summed E-state index contributed by atoms with van der Waals surface area (Å²) in [7, 11) is 1.86. The Kier molecular flexibility index (Phi) is 5.45. The molecule has 2 aromatic rings. The molecule has 0 aliphatic carbocycles. The Morgan fingerprint density at radius 1 is 1.10 bits per heavy atom. The summed E-state index contributed by atoms with van der Waals surface area (Å²) >= 11 is 1.62. The zero-order valence-electron chi connectivity index (χ0n) is 12.8. The van der Waals surface area contributed by atoms with Gasteiger partial charge in [0.15, 0.2) is 0 Å². The number of thioether (sulfide) groups is 1. The molecule has 0 aliphatic rings. The first kappa shape index (κ1) is 15.6. The first-order chi connectivity index (χ1) is 10.1. The average molecular weight is 299 g/mol. The molecule has 0 spiro atoms. The predicted molar refractivity (Wildman–Crippen MR) is 89.6 cm³/mol. The van der Waals surface area contributed by atoms with E-state index in [2.05, 4.69) is 32.0 Å². The monoisotopic (exact) mass is 299 g/mol. The van der Waals surface area contributed by atoms with Gasteiger partial charge in [-0.2, -0.15) is 0 Å². The van der Waals surface area contributed by atoms with E-state index in [1.54, 1.807) is 16.7 Å². The zero-order valence-corrected chi connectivity index (χ0v) is 13.6. The number of nitrogens with zero attached hydrogens (tertiary/aromatic N) is 1. The Labute approximate surface area is 131 Å². The molecular formula is C18H21NOS. The lowest BCUT2D eigenvalue weighted by Crippen LogP contribution is -2.27. The topological polar surface area (TPSA) is 20.3 Å². The highest BCUT2D eigenvalue weighted by Gasteiger charge is 2.10. The number of benzene rings is 2. The van der Waals surface area contributed by atoms with E-state index in [0.29, 0.717) is 12.3 Å². The fourth-order valence-electron chi connectivity index (χ4n) is 2.06.